The molecular formula is C14H22OS. The normalized spacial score (nSPS) is 12.6. The van der Waals surface area contributed by atoms with Crippen molar-refractivity contribution in [1.82, 2.24) is 0 Å². The minimum atomic E-state index is 0.533. The molecule has 16 heavy (non-hydrogen) atoms. The average Bonchev–Trinajstić information content (AvgIpc) is 2.29. The zero-order valence-electron chi connectivity index (χ0n) is 10.1. The van der Waals surface area contributed by atoms with Crippen LogP contribution in [0.25, 0.3) is 0 Å². The Morgan fingerprint density at radius 1 is 1.12 bits per heavy atom. The molecule has 0 N–H and O–H groups in total. The molecule has 1 aromatic carbocycles. The first-order valence-corrected chi connectivity index (χ1v) is 6.60. The van der Waals surface area contributed by atoms with Crippen LogP contribution in [-0.2, 0) is 11.3 Å². The van der Waals surface area contributed by atoms with Crippen LogP contribution in [0.15, 0.2) is 30.3 Å². The summed E-state index contributed by atoms with van der Waals surface area (Å²) in [5.74, 6) is 0. The Hall–Kier alpha value is -0.470. The van der Waals surface area contributed by atoms with Gasteiger partial charge < -0.3 is 4.74 Å². The summed E-state index contributed by atoms with van der Waals surface area (Å²) in [4.78, 5) is 0. The lowest BCUT2D eigenvalue weighted by Gasteiger charge is -2.05. The van der Waals surface area contributed by atoms with Crippen LogP contribution in [0.4, 0.5) is 0 Å². The second kappa shape index (κ2) is 8.66. The maximum atomic E-state index is 5.61. The van der Waals surface area contributed by atoms with Gasteiger partial charge in [0.2, 0.25) is 0 Å². The summed E-state index contributed by atoms with van der Waals surface area (Å²) in [6, 6.07) is 10.3. The molecule has 0 aliphatic carbocycles. The van der Waals surface area contributed by atoms with Crippen LogP contribution in [0.5, 0.6) is 0 Å². The Balaban J connectivity index is 1.93. The maximum Gasteiger partial charge on any atom is 0.0716 e. The van der Waals surface area contributed by atoms with Gasteiger partial charge in [-0.2, -0.15) is 12.6 Å². The maximum absolute atomic E-state index is 5.61. The molecule has 1 atom stereocenters. The van der Waals surface area contributed by atoms with Crippen molar-refractivity contribution >= 4 is 12.6 Å². The first-order chi connectivity index (χ1) is 7.79. The average molecular weight is 238 g/mol. The van der Waals surface area contributed by atoms with Crippen molar-refractivity contribution in [2.24, 2.45) is 0 Å². The van der Waals surface area contributed by atoms with Crippen LogP contribution in [0.1, 0.15) is 38.2 Å². The summed E-state index contributed by atoms with van der Waals surface area (Å²) in [6.45, 7) is 3.76. The molecule has 0 bridgehead atoms. The van der Waals surface area contributed by atoms with Gasteiger partial charge in [-0.05, 0) is 23.7 Å². The third-order valence-corrected chi connectivity index (χ3v) is 2.78. The van der Waals surface area contributed by atoms with E-state index in [0.29, 0.717) is 5.25 Å². The van der Waals surface area contributed by atoms with E-state index in [4.69, 9.17) is 4.74 Å². The fourth-order valence-corrected chi connectivity index (χ4v) is 1.77. The minimum Gasteiger partial charge on any atom is -0.377 e. The van der Waals surface area contributed by atoms with E-state index in [1.54, 1.807) is 0 Å². The predicted molar refractivity (Wildman–Crippen MR) is 73.0 cm³/mol. The lowest BCUT2D eigenvalue weighted by molar-refractivity contribution is 0.117. The van der Waals surface area contributed by atoms with E-state index < -0.39 is 0 Å². The molecule has 0 spiro atoms. The van der Waals surface area contributed by atoms with Crippen molar-refractivity contribution in [1.29, 1.82) is 0 Å². The van der Waals surface area contributed by atoms with Crippen molar-refractivity contribution in [2.45, 2.75) is 44.5 Å². The van der Waals surface area contributed by atoms with Gasteiger partial charge in [-0.15, -0.1) is 0 Å². The molecule has 0 amide bonds. The standard InChI is InChI=1S/C14H22OS/c1-13(16)8-4-3-7-11-15-12-14-9-5-2-6-10-14/h2,5-6,9-10,13,16H,3-4,7-8,11-12H2,1H3. The molecule has 2 heteroatoms. The van der Waals surface area contributed by atoms with Gasteiger partial charge in [-0.25, -0.2) is 0 Å². The third kappa shape index (κ3) is 6.91. The Bertz CT molecular complexity index is 259. The van der Waals surface area contributed by atoms with E-state index in [1.165, 1.54) is 24.8 Å². The van der Waals surface area contributed by atoms with Gasteiger partial charge >= 0.3 is 0 Å². The predicted octanol–water partition coefficient (Wildman–Crippen LogP) is 4.08. The van der Waals surface area contributed by atoms with Crippen molar-refractivity contribution in [3.8, 4) is 0 Å². The number of hydrogen-bond acceptors (Lipinski definition) is 2. The summed E-state index contributed by atoms with van der Waals surface area (Å²) >= 11 is 4.36. The number of rotatable bonds is 8. The number of hydrogen-bond donors (Lipinski definition) is 1. The van der Waals surface area contributed by atoms with E-state index in [1.807, 2.05) is 18.2 Å². The molecule has 0 aromatic heterocycles. The minimum absolute atomic E-state index is 0.533. The van der Waals surface area contributed by atoms with Crippen LogP contribution in [0, 0.1) is 0 Å². The molecule has 0 fully saturated rings. The van der Waals surface area contributed by atoms with Crippen molar-refractivity contribution in [3.63, 3.8) is 0 Å². The molecule has 0 saturated carbocycles. The lowest BCUT2D eigenvalue weighted by atomic mass is 10.1. The van der Waals surface area contributed by atoms with E-state index >= 15 is 0 Å². The smallest absolute Gasteiger partial charge is 0.0716 e. The Labute approximate surface area is 105 Å². The molecule has 1 rings (SSSR count). The van der Waals surface area contributed by atoms with Gasteiger partial charge in [0.15, 0.2) is 0 Å². The summed E-state index contributed by atoms with van der Waals surface area (Å²) in [7, 11) is 0. The highest BCUT2D eigenvalue weighted by atomic mass is 32.1. The van der Waals surface area contributed by atoms with Gasteiger partial charge in [-0.1, -0.05) is 50.1 Å². The highest BCUT2D eigenvalue weighted by molar-refractivity contribution is 7.80. The fourth-order valence-electron chi connectivity index (χ4n) is 1.58. The highest BCUT2D eigenvalue weighted by Gasteiger charge is 1.95. The number of unbranched alkanes of at least 4 members (excludes halogenated alkanes) is 2. The Morgan fingerprint density at radius 3 is 2.56 bits per heavy atom. The van der Waals surface area contributed by atoms with Gasteiger partial charge in [-0.3, -0.25) is 0 Å². The van der Waals surface area contributed by atoms with Gasteiger partial charge in [0, 0.05) is 6.61 Å². The quantitative estimate of drug-likeness (QED) is 0.530. The van der Waals surface area contributed by atoms with Crippen molar-refractivity contribution < 1.29 is 4.74 Å². The molecular weight excluding hydrogens is 216 g/mol. The molecule has 0 aliphatic rings. The first-order valence-electron chi connectivity index (χ1n) is 6.09. The zero-order valence-corrected chi connectivity index (χ0v) is 11.0. The van der Waals surface area contributed by atoms with E-state index in [9.17, 15) is 0 Å². The molecule has 1 aromatic rings. The molecule has 90 valence electrons. The third-order valence-electron chi connectivity index (χ3n) is 2.52. The molecule has 1 unspecified atom stereocenters. The summed E-state index contributed by atoms with van der Waals surface area (Å²) in [6.07, 6.45) is 4.88. The number of ether oxygens (including phenoxy) is 1. The fraction of sp³-hybridized carbons (Fsp3) is 0.571. The second-order valence-electron chi connectivity index (χ2n) is 4.24. The SMILES string of the molecule is CC(S)CCCCCOCc1ccccc1. The van der Waals surface area contributed by atoms with Gasteiger partial charge in [0.05, 0.1) is 6.61 Å². The van der Waals surface area contributed by atoms with Crippen LogP contribution >= 0.6 is 12.6 Å². The topological polar surface area (TPSA) is 9.23 Å². The molecule has 0 radical (unpaired) electrons. The molecule has 0 heterocycles. The van der Waals surface area contributed by atoms with Crippen molar-refractivity contribution in [3.05, 3.63) is 35.9 Å². The van der Waals surface area contributed by atoms with E-state index in [-0.39, 0.29) is 0 Å². The molecule has 1 nitrogen and oxygen atoms in total. The number of benzene rings is 1. The monoisotopic (exact) mass is 238 g/mol. The van der Waals surface area contributed by atoms with E-state index in [0.717, 1.165) is 19.6 Å². The highest BCUT2D eigenvalue weighted by Crippen LogP contribution is 2.08. The Morgan fingerprint density at radius 2 is 1.88 bits per heavy atom. The lowest BCUT2D eigenvalue weighted by Crippen LogP contribution is -1.96. The van der Waals surface area contributed by atoms with Crippen LogP contribution < -0.4 is 0 Å². The number of thiol groups is 1. The van der Waals surface area contributed by atoms with Crippen LogP contribution in [0.3, 0.4) is 0 Å². The first kappa shape index (κ1) is 13.6. The van der Waals surface area contributed by atoms with Gasteiger partial charge in [0.25, 0.3) is 0 Å². The van der Waals surface area contributed by atoms with Crippen molar-refractivity contribution in [2.75, 3.05) is 6.61 Å². The Kier molecular flexibility index (Phi) is 7.35. The van der Waals surface area contributed by atoms with Crippen LogP contribution in [-0.4, -0.2) is 11.9 Å². The zero-order chi connectivity index (χ0) is 11.6. The largest absolute Gasteiger partial charge is 0.377 e. The second-order valence-corrected chi connectivity index (χ2v) is 5.12. The molecule has 0 aliphatic heterocycles. The van der Waals surface area contributed by atoms with Crippen LogP contribution in [0.2, 0.25) is 0 Å². The summed E-state index contributed by atoms with van der Waals surface area (Å²) < 4.78 is 5.61. The molecule has 0 saturated heterocycles. The van der Waals surface area contributed by atoms with E-state index in [2.05, 4.69) is 31.7 Å². The summed E-state index contributed by atoms with van der Waals surface area (Å²) in [5.41, 5.74) is 1.26. The summed E-state index contributed by atoms with van der Waals surface area (Å²) in [5, 5.41) is 0.533. The van der Waals surface area contributed by atoms with Gasteiger partial charge in [0.1, 0.15) is 0 Å².